The maximum Gasteiger partial charge on any atom is 0.202 e. The molecule has 1 aromatic rings. The van der Waals surface area contributed by atoms with Crippen molar-refractivity contribution in [1.82, 2.24) is 0 Å². The van der Waals surface area contributed by atoms with Crippen LogP contribution in [0.1, 0.15) is 5.56 Å². The molecule has 60 valence electrons. The summed E-state index contributed by atoms with van der Waals surface area (Å²) in [6.07, 6.45) is 0. The van der Waals surface area contributed by atoms with E-state index in [2.05, 4.69) is 0 Å². The summed E-state index contributed by atoms with van der Waals surface area (Å²) in [4.78, 5) is 0. The molecule has 0 atom stereocenters. The number of hydrogen-bond acceptors (Lipinski definition) is 3. The molecule has 1 rings (SSSR count). The monoisotopic (exact) mass is 153 g/mol. The lowest BCUT2D eigenvalue weighted by Crippen LogP contribution is -2.34. The predicted octanol–water partition coefficient (Wildman–Crippen LogP) is -0.217. The zero-order valence-corrected chi connectivity index (χ0v) is 6.07. The Bertz CT molecular complexity index is 221. The van der Waals surface area contributed by atoms with Crippen LogP contribution in [-0.4, -0.2) is 16.8 Å². The van der Waals surface area contributed by atoms with Crippen LogP contribution in [0.4, 0.5) is 0 Å². The van der Waals surface area contributed by atoms with E-state index in [0.717, 1.165) is 0 Å². The van der Waals surface area contributed by atoms with Gasteiger partial charge in [-0.3, -0.25) is 0 Å². The van der Waals surface area contributed by atoms with Crippen LogP contribution in [0.5, 0.6) is 0 Å². The van der Waals surface area contributed by atoms with Crippen LogP contribution >= 0.6 is 0 Å². The second-order valence-electron chi connectivity index (χ2n) is 2.39. The molecule has 1 aromatic carbocycles. The van der Waals surface area contributed by atoms with Crippen LogP contribution in [0.3, 0.4) is 0 Å². The lowest BCUT2D eigenvalue weighted by Gasteiger charge is -2.19. The molecule has 0 amide bonds. The largest absolute Gasteiger partial charge is 0.361 e. The summed E-state index contributed by atoms with van der Waals surface area (Å²) in [6.45, 7) is -0.197. The van der Waals surface area contributed by atoms with E-state index in [1.54, 1.807) is 30.3 Å². The van der Waals surface area contributed by atoms with E-state index in [0.29, 0.717) is 5.56 Å². The van der Waals surface area contributed by atoms with Crippen molar-refractivity contribution in [2.24, 2.45) is 5.73 Å². The van der Waals surface area contributed by atoms with Gasteiger partial charge in [0.25, 0.3) is 0 Å². The Labute approximate surface area is 65.1 Å². The summed E-state index contributed by atoms with van der Waals surface area (Å²) in [7, 11) is 0. The molecule has 0 spiro atoms. The molecule has 0 aromatic heterocycles. The van der Waals surface area contributed by atoms with Gasteiger partial charge in [-0.2, -0.15) is 0 Å². The van der Waals surface area contributed by atoms with Crippen LogP contribution in [0.2, 0.25) is 0 Å². The van der Waals surface area contributed by atoms with E-state index in [1.165, 1.54) is 0 Å². The summed E-state index contributed by atoms with van der Waals surface area (Å²) in [5, 5.41) is 18.5. The minimum Gasteiger partial charge on any atom is -0.361 e. The summed E-state index contributed by atoms with van der Waals surface area (Å²) in [5.74, 6) is -1.89. The fourth-order valence-corrected chi connectivity index (χ4v) is 0.823. The van der Waals surface area contributed by atoms with Gasteiger partial charge in [-0.15, -0.1) is 0 Å². The molecule has 0 aliphatic rings. The van der Waals surface area contributed by atoms with Crippen LogP contribution in [0, 0.1) is 0 Å². The Morgan fingerprint density at radius 3 is 2.18 bits per heavy atom. The van der Waals surface area contributed by atoms with Gasteiger partial charge in [0.05, 0.1) is 6.54 Å². The normalized spacial score (nSPS) is 11.5. The second-order valence-corrected chi connectivity index (χ2v) is 2.39. The van der Waals surface area contributed by atoms with Crippen molar-refractivity contribution in [2.75, 3.05) is 6.54 Å². The number of rotatable bonds is 2. The first-order chi connectivity index (χ1) is 5.17. The van der Waals surface area contributed by atoms with Gasteiger partial charge < -0.3 is 15.9 Å². The predicted molar refractivity (Wildman–Crippen MR) is 41.6 cm³/mol. The van der Waals surface area contributed by atoms with Crippen molar-refractivity contribution in [2.45, 2.75) is 5.79 Å². The van der Waals surface area contributed by atoms with Crippen molar-refractivity contribution >= 4 is 0 Å². The minimum absolute atomic E-state index is 0.197. The summed E-state index contributed by atoms with van der Waals surface area (Å²) < 4.78 is 0. The average molecular weight is 153 g/mol. The van der Waals surface area contributed by atoms with E-state index in [4.69, 9.17) is 5.73 Å². The highest BCUT2D eigenvalue weighted by molar-refractivity contribution is 5.19. The molecule has 0 aliphatic heterocycles. The molecule has 4 N–H and O–H groups in total. The molecule has 0 fully saturated rings. The topological polar surface area (TPSA) is 66.5 Å². The van der Waals surface area contributed by atoms with Gasteiger partial charge in [0.15, 0.2) is 0 Å². The Kier molecular flexibility index (Phi) is 2.24. The molecule has 3 nitrogen and oxygen atoms in total. The first-order valence-corrected chi connectivity index (χ1v) is 3.37. The Morgan fingerprint density at radius 2 is 1.73 bits per heavy atom. The molecule has 0 unspecified atom stereocenters. The van der Waals surface area contributed by atoms with E-state index in [9.17, 15) is 10.2 Å². The quantitative estimate of drug-likeness (QED) is 0.515. The fraction of sp³-hybridized carbons (Fsp3) is 0.250. The van der Waals surface area contributed by atoms with E-state index < -0.39 is 5.79 Å². The molecular weight excluding hydrogens is 142 g/mol. The van der Waals surface area contributed by atoms with Gasteiger partial charge in [0.2, 0.25) is 5.79 Å². The van der Waals surface area contributed by atoms with Gasteiger partial charge in [-0.1, -0.05) is 30.3 Å². The van der Waals surface area contributed by atoms with Gasteiger partial charge >= 0.3 is 0 Å². The highest BCUT2D eigenvalue weighted by atomic mass is 16.5. The third-order valence-corrected chi connectivity index (χ3v) is 1.52. The zero-order valence-electron chi connectivity index (χ0n) is 6.07. The zero-order chi connectivity index (χ0) is 8.32. The molecular formula is C8H11NO2. The van der Waals surface area contributed by atoms with Gasteiger partial charge in [0.1, 0.15) is 0 Å². The van der Waals surface area contributed by atoms with Crippen LogP contribution < -0.4 is 5.73 Å². The molecule has 0 radical (unpaired) electrons. The van der Waals surface area contributed by atoms with Crippen molar-refractivity contribution in [3.05, 3.63) is 35.9 Å². The standard InChI is InChI=1S/C8H11NO2/c9-6-8(10,11)7-4-2-1-3-5-7/h1-5,10-11H,6,9H2. The highest BCUT2D eigenvalue weighted by Gasteiger charge is 2.22. The Hall–Kier alpha value is -0.900. The Balaban J connectivity index is 2.93. The maximum absolute atomic E-state index is 9.23. The molecule has 0 saturated carbocycles. The van der Waals surface area contributed by atoms with Crippen LogP contribution in [0.15, 0.2) is 30.3 Å². The van der Waals surface area contributed by atoms with E-state index in [-0.39, 0.29) is 6.54 Å². The molecule has 0 aliphatic carbocycles. The maximum atomic E-state index is 9.23. The second kappa shape index (κ2) is 3.00. The lowest BCUT2D eigenvalue weighted by molar-refractivity contribution is -0.160. The first-order valence-electron chi connectivity index (χ1n) is 3.37. The highest BCUT2D eigenvalue weighted by Crippen LogP contribution is 2.14. The van der Waals surface area contributed by atoms with Crippen LogP contribution in [0.25, 0.3) is 0 Å². The smallest absolute Gasteiger partial charge is 0.202 e. The van der Waals surface area contributed by atoms with Crippen LogP contribution in [-0.2, 0) is 5.79 Å². The SMILES string of the molecule is NCC(O)(O)c1ccccc1. The number of hydrogen-bond donors (Lipinski definition) is 3. The molecule has 11 heavy (non-hydrogen) atoms. The average Bonchev–Trinajstić information content (AvgIpc) is 2.06. The lowest BCUT2D eigenvalue weighted by atomic mass is 10.1. The van der Waals surface area contributed by atoms with Crippen molar-refractivity contribution in [3.63, 3.8) is 0 Å². The summed E-state index contributed by atoms with van der Waals surface area (Å²) in [6, 6.07) is 8.49. The number of aliphatic hydroxyl groups is 2. The van der Waals surface area contributed by atoms with Gasteiger partial charge in [-0.05, 0) is 0 Å². The molecule has 0 heterocycles. The van der Waals surface area contributed by atoms with Gasteiger partial charge in [-0.25, -0.2) is 0 Å². The fourth-order valence-electron chi connectivity index (χ4n) is 0.823. The van der Waals surface area contributed by atoms with E-state index in [1.807, 2.05) is 0 Å². The Morgan fingerprint density at radius 1 is 1.18 bits per heavy atom. The third kappa shape index (κ3) is 1.77. The summed E-state index contributed by atoms with van der Waals surface area (Å²) >= 11 is 0. The number of benzene rings is 1. The number of nitrogens with two attached hydrogens (primary N) is 1. The molecule has 0 saturated heterocycles. The van der Waals surface area contributed by atoms with Crippen molar-refractivity contribution in [3.8, 4) is 0 Å². The van der Waals surface area contributed by atoms with E-state index >= 15 is 0 Å². The summed E-state index contributed by atoms with van der Waals surface area (Å²) in [5.41, 5.74) is 5.56. The van der Waals surface area contributed by atoms with Gasteiger partial charge in [0, 0.05) is 5.56 Å². The van der Waals surface area contributed by atoms with Crippen molar-refractivity contribution < 1.29 is 10.2 Å². The minimum atomic E-state index is -1.89. The third-order valence-electron chi connectivity index (χ3n) is 1.52. The molecule has 0 bridgehead atoms. The van der Waals surface area contributed by atoms with Crippen molar-refractivity contribution in [1.29, 1.82) is 0 Å². The molecule has 3 heteroatoms. The first kappa shape index (κ1) is 8.20.